The van der Waals surface area contributed by atoms with Crippen molar-refractivity contribution in [2.45, 2.75) is 110 Å². The molecule has 28 heavy (non-hydrogen) atoms. The van der Waals surface area contributed by atoms with Crippen LogP contribution in [0.25, 0.3) is 0 Å². The number of esters is 1. The second kappa shape index (κ2) is 15.9. The van der Waals surface area contributed by atoms with Gasteiger partial charge in [-0.2, -0.15) is 0 Å². The first-order chi connectivity index (χ1) is 13.5. The molecule has 0 aliphatic carbocycles. The maximum Gasteiger partial charge on any atom is 0.309 e. The van der Waals surface area contributed by atoms with Gasteiger partial charge in [0.2, 0.25) is 0 Å². The Kier molecular flexibility index (Phi) is 14.9. The number of hydrogen-bond donors (Lipinski definition) is 0. The van der Waals surface area contributed by atoms with Gasteiger partial charge in [-0.3, -0.25) is 4.79 Å². The first-order valence-corrected chi connectivity index (χ1v) is 13.6. The molecule has 1 rings (SSSR count). The Balaban J connectivity index is 2.77. The number of carbonyl (C=O) groups excluding carboxylic acids is 1. The van der Waals surface area contributed by atoms with Crippen LogP contribution in [-0.4, -0.2) is 5.97 Å². The smallest absolute Gasteiger partial charge is 0.309 e. The lowest BCUT2D eigenvalue weighted by atomic mass is 9.95. The number of rotatable bonds is 16. The fourth-order valence-corrected chi connectivity index (χ4v) is 6.43. The molecule has 0 radical (unpaired) electrons. The van der Waals surface area contributed by atoms with Gasteiger partial charge in [-0.1, -0.05) is 78.6 Å². The van der Waals surface area contributed by atoms with E-state index in [1.165, 1.54) is 38.5 Å². The highest BCUT2D eigenvalue weighted by Crippen LogP contribution is 2.39. The van der Waals surface area contributed by atoms with E-state index >= 15 is 0 Å². The Labute approximate surface area is 193 Å². The number of carbonyl (C=O) groups is 1. The molecule has 0 fully saturated rings. The van der Waals surface area contributed by atoms with Crippen molar-refractivity contribution in [2.75, 3.05) is 0 Å². The zero-order valence-electron chi connectivity index (χ0n) is 17.9. The van der Waals surface area contributed by atoms with Crippen molar-refractivity contribution in [2.24, 2.45) is 5.92 Å². The fraction of sp³-hybridized carbons (Fsp3) is 0.783. The third-order valence-corrected chi connectivity index (χ3v) is 7.64. The first-order valence-electron chi connectivity index (χ1n) is 11.2. The van der Waals surface area contributed by atoms with Gasteiger partial charge >= 0.3 is 5.97 Å². The third kappa shape index (κ3) is 10.2. The Morgan fingerprint density at radius 3 is 2.00 bits per heavy atom. The molecule has 0 aliphatic heterocycles. The van der Waals surface area contributed by atoms with E-state index in [0.717, 1.165) is 58.1 Å². The summed E-state index contributed by atoms with van der Waals surface area (Å²) in [6, 6.07) is 2.11. The molecule has 5 heteroatoms. The predicted octanol–water partition coefficient (Wildman–Crippen LogP) is 9.60. The van der Waals surface area contributed by atoms with Gasteiger partial charge in [0.05, 0.1) is 13.5 Å². The average Bonchev–Trinajstić information content (AvgIpc) is 3.01. The number of unbranched alkanes of at least 4 members (excludes halogenated alkanes) is 7. The molecule has 1 aromatic rings. The molecule has 0 saturated carbocycles. The SMILES string of the molecule is CCCCCCC(CCCC)C(=O)OC(CCCCCC)c1cc(Br)sc1Br. The molecular weight excluding hydrogens is 500 g/mol. The Morgan fingerprint density at radius 1 is 0.893 bits per heavy atom. The van der Waals surface area contributed by atoms with Crippen LogP contribution >= 0.6 is 43.2 Å². The van der Waals surface area contributed by atoms with Crippen LogP contribution < -0.4 is 0 Å². The minimum absolute atomic E-state index is 0.0136. The third-order valence-electron chi connectivity index (χ3n) is 5.25. The molecule has 1 aromatic heterocycles. The van der Waals surface area contributed by atoms with Crippen LogP contribution in [0.3, 0.4) is 0 Å². The maximum absolute atomic E-state index is 13.1. The summed E-state index contributed by atoms with van der Waals surface area (Å²) in [6.45, 7) is 6.64. The highest BCUT2D eigenvalue weighted by Gasteiger charge is 2.26. The van der Waals surface area contributed by atoms with Crippen LogP contribution in [0.4, 0.5) is 0 Å². The molecule has 0 bridgehead atoms. The Hall–Kier alpha value is 0.130. The largest absolute Gasteiger partial charge is 0.457 e. The van der Waals surface area contributed by atoms with E-state index < -0.39 is 0 Å². The standard InChI is InChI=1S/C23H38Br2O2S/c1-4-7-10-12-15-18(14-9-6-3)23(26)27-20(16-13-11-8-5-2)19-17-21(24)28-22(19)25/h17-18,20H,4-16H2,1-3H3. The van der Waals surface area contributed by atoms with Crippen molar-refractivity contribution in [3.8, 4) is 0 Å². The van der Waals surface area contributed by atoms with Crippen molar-refractivity contribution in [1.82, 2.24) is 0 Å². The summed E-state index contributed by atoms with van der Waals surface area (Å²) in [5, 5.41) is 0. The molecule has 162 valence electrons. The molecular formula is C23H38Br2O2S. The summed E-state index contributed by atoms with van der Waals surface area (Å²) in [5.41, 5.74) is 1.11. The summed E-state index contributed by atoms with van der Waals surface area (Å²) in [4.78, 5) is 13.1. The van der Waals surface area contributed by atoms with Crippen LogP contribution in [0.15, 0.2) is 13.6 Å². The Bertz CT molecular complexity index is 545. The maximum atomic E-state index is 13.1. The summed E-state index contributed by atoms with van der Waals surface area (Å²) in [5.74, 6) is 0.0652. The zero-order valence-corrected chi connectivity index (χ0v) is 21.9. The number of hydrogen-bond acceptors (Lipinski definition) is 3. The van der Waals surface area contributed by atoms with Crippen LogP contribution in [0.5, 0.6) is 0 Å². The van der Waals surface area contributed by atoms with Gasteiger partial charge in [-0.25, -0.2) is 0 Å². The van der Waals surface area contributed by atoms with Crippen molar-refractivity contribution < 1.29 is 9.53 Å². The molecule has 0 amide bonds. The zero-order chi connectivity index (χ0) is 20.8. The van der Waals surface area contributed by atoms with Crippen LogP contribution in [0, 0.1) is 5.92 Å². The first kappa shape index (κ1) is 26.2. The van der Waals surface area contributed by atoms with E-state index in [9.17, 15) is 4.79 Å². The molecule has 2 nitrogen and oxygen atoms in total. The lowest BCUT2D eigenvalue weighted by Gasteiger charge is -2.22. The highest BCUT2D eigenvalue weighted by molar-refractivity contribution is 9.12. The summed E-state index contributed by atoms with van der Waals surface area (Å²) < 4.78 is 8.29. The second-order valence-corrected chi connectivity index (χ2v) is 11.5. The predicted molar refractivity (Wildman–Crippen MR) is 129 cm³/mol. The highest BCUT2D eigenvalue weighted by atomic mass is 79.9. The van der Waals surface area contributed by atoms with Gasteiger partial charge in [0.15, 0.2) is 0 Å². The van der Waals surface area contributed by atoms with Gasteiger partial charge in [-0.15, -0.1) is 11.3 Å². The minimum atomic E-state index is -0.138. The van der Waals surface area contributed by atoms with Crippen LogP contribution in [0.1, 0.15) is 116 Å². The van der Waals surface area contributed by atoms with Crippen molar-refractivity contribution in [3.63, 3.8) is 0 Å². The normalized spacial score (nSPS) is 13.5. The number of halogens is 2. The molecule has 0 spiro atoms. The van der Waals surface area contributed by atoms with Crippen molar-refractivity contribution in [1.29, 1.82) is 0 Å². The summed E-state index contributed by atoms with van der Waals surface area (Å²) >= 11 is 8.89. The van der Waals surface area contributed by atoms with E-state index in [2.05, 4.69) is 58.7 Å². The Morgan fingerprint density at radius 2 is 1.46 bits per heavy atom. The van der Waals surface area contributed by atoms with E-state index in [-0.39, 0.29) is 18.0 Å². The van der Waals surface area contributed by atoms with Gasteiger partial charge in [0.1, 0.15) is 6.10 Å². The topological polar surface area (TPSA) is 26.3 Å². The molecule has 2 atom stereocenters. The molecule has 0 saturated heterocycles. The van der Waals surface area contributed by atoms with Crippen LogP contribution in [-0.2, 0) is 9.53 Å². The van der Waals surface area contributed by atoms with E-state index in [1.54, 1.807) is 11.3 Å². The van der Waals surface area contributed by atoms with Crippen molar-refractivity contribution in [3.05, 3.63) is 19.2 Å². The monoisotopic (exact) mass is 536 g/mol. The fourth-order valence-electron chi connectivity index (χ4n) is 3.49. The number of thiophene rings is 1. The van der Waals surface area contributed by atoms with Crippen molar-refractivity contribution >= 4 is 49.2 Å². The molecule has 0 aromatic carbocycles. The van der Waals surface area contributed by atoms with E-state index in [4.69, 9.17) is 4.74 Å². The van der Waals surface area contributed by atoms with Gasteiger partial charge in [0, 0.05) is 5.56 Å². The lowest BCUT2D eigenvalue weighted by molar-refractivity contribution is -0.155. The molecule has 1 heterocycles. The summed E-state index contributed by atoms with van der Waals surface area (Å²) in [6.07, 6.45) is 14.5. The second-order valence-electron chi connectivity index (χ2n) is 7.74. The molecule has 0 aliphatic rings. The summed E-state index contributed by atoms with van der Waals surface area (Å²) in [7, 11) is 0. The van der Waals surface area contributed by atoms with E-state index in [0.29, 0.717) is 0 Å². The van der Waals surface area contributed by atoms with Gasteiger partial charge in [0.25, 0.3) is 0 Å². The minimum Gasteiger partial charge on any atom is -0.457 e. The van der Waals surface area contributed by atoms with E-state index in [1.807, 2.05) is 0 Å². The van der Waals surface area contributed by atoms with Crippen LogP contribution in [0.2, 0.25) is 0 Å². The van der Waals surface area contributed by atoms with Gasteiger partial charge in [-0.05, 0) is 63.6 Å². The quantitative estimate of drug-likeness (QED) is 0.155. The molecule has 0 N–H and O–H groups in total. The lowest BCUT2D eigenvalue weighted by Crippen LogP contribution is -2.21. The molecule has 2 unspecified atom stereocenters. The average molecular weight is 538 g/mol. The number of ether oxygens (including phenoxy) is 1. The van der Waals surface area contributed by atoms with Gasteiger partial charge < -0.3 is 4.74 Å².